The summed E-state index contributed by atoms with van der Waals surface area (Å²) in [6, 6.07) is 6.34. The molecule has 0 fully saturated rings. The number of amides is 1. The minimum atomic E-state index is -1.01. The molecule has 22 heavy (non-hydrogen) atoms. The quantitative estimate of drug-likeness (QED) is 0.854. The summed E-state index contributed by atoms with van der Waals surface area (Å²) >= 11 is 0. The van der Waals surface area contributed by atoms with E-state index in [0.29, 0.717) is 30.0 Å². The minimum Gasteiger partial charge on any atom is -0.496 e. The third kappa shape index (κ3) is 3.66. The summed E-state index contributed by atoms with van der Waals surface area (Å²) in [4.78, 5) is 22.8. The third-order valence-electron chi connectivity index (χ3n) is 3.21. The van der Waals surface area contributed by atoms with Gasteiger partial charge < -0.3 is 19.6 Å². The Hall–Kier alpha value is -2.76. The van der Waals surface area contributed by atoms with Crippen LogP contribution >= 0.6 is 0 Å². The second-order valence-electron chi connectivity index (χ2n) is 4.78. The van der Waals surface area contributed by atoms with E-state index in [4.69, 9.17) is 14.3 Å². The van der Waals surface area contributed by atoms with E-state index in [9.17, 15) is 9.59 Å². The average molecular weight is 303 g/mol. The lowest BCUT2D eigenvalue weighted by atomic mass is 10.1. The summed E-state index contributed by atoms with van der Waals surface area (Å²) in [6.07, 6.45) is 1.94. The zero-order valence-corrected chi connectivity index (χ0v) is 12.4. The fraction of sp³-hybridized carbons (Fsp3) is 0.250. The van der Waals surface area contributed by atoms with Crippen LogP contribution in [0.1, 0.15) is 32.0 Å². The number of nitrogens with one attached hydrogen (secondary N) is 1. The van der Waals surface area contributed by atoms with Crippen LogP contribution in [-0.2, 0) is 6.42 Å². The molecule has 2 rings (SSSR count). The molecule has 1 aromatic carbocycles. The summed E-state index contributed by atoms with van der Waals surface area (Å²) in [5, 5.41) is 11.7. The molecular weight excluding hydrogens is 286 g/mol. The molecule has 0 bridgehead atoms. The molecule has 1 aromatic heterocycles. The number of carboxylic acids is 1. The van der Waals surface area contributed by atoms with Crippen LogP contribution < -0.4 is 10.1 Å². The monoisotopic (exact) mass is 303 g/mol. The number of carboxylic acid groups (broad SMARTS) is 1. The number of carbonyl (C=O) groups is 2. The highest BCUT2D eigenvalue weighted by Gasteiger charge is 2.11. The van der Waals surface area contributed by atoms with Gasteiger partial charge in [-0.25, -0.2) is 4.79 Å². The van der Waals surface area contributed by atoms with Crippen LogP contribution in [-0.4, -0.2) is 30.6 Å². The zero-order chi connectivity index (χ0) is 16.1. The Balaban J connectivity index is 1.96. The van der Waals surface area contributed by atoms with Crippen molar-refractivity contribution in [1.82, 2.24) is 5.32 Å². The summed E-state index contributed by atoms with van der Waals surface area (Å²) in [5.74, 6) is -0.0455. The van der Waals surface area contributed by atoms with Crippen LogP contribution in [0.5, 0.6) is 5.75 Å². The van der Waals surface area contributed by atoms with E-state index in [2.05, 4.69) is 5.32 Å². The number of aromatic carboxylic acids is 1. The minimum absolute atomic E-state index is 0.165. The molecule has 2 N–H and O–H groups in total. The molecule has 6 heteroatoms. The fourth-order valence-corrected chi connectivity index (χ4v) is 2.06. The molecule has 0 saturated carbocycles. The Morgan fingerprint density at radius 1 is 1.27 bits per heavy atom. The second kappa shape index (κ2) is 6.80. The van der Waals surface area contributed by atoms with Crippen molar-refractivity contribution in [2.75, 3.05) is 13.7 Å². The highest BCUT2D eigenvalue weighted by Crippen LogP contribution is 2.20. The predicted octanol–water partition coefficient (Wildman–Crippen LogP) is 2.27. The fourth-order valence-electron chi connectivity index (χ4n) is 2.06. The standard InChI is InChI=1S/C16H17NO5/c1-10-7-13(9-22-10)15(18)17-6-5-11-3-4-12(16(19)20)8-14(11)21-2/h3-4,7-9H,5-6H2,1-2H3,(H,17,18)(H,19,20). The number of furan rings is 1. The number of hydrogen-bond donors (Lipinski definition) is 2. The maximum absolute atomic E-state index is 11.9. The maximum atomic E-state index is 11.9. The van der Waals surface area contributed by atoms with E-state index >= 15 is 0 Å². The molecule has 0 aliphatic carbocycles. The van der Waals surface area contributed by atoms with Gasteiger partial charge in [-0.2, -0.15) is 0 Å². The van der Waals surface area contributed by atoms with Gasteiger partial charge in [-0.1, -0.05) is 6.07 Å². The SMILES string of the molecule is COc1cc(C(=O)O)ccc1CCNC(=O)c1coc(C)c1. The lowest BCUT2D eigenvalue weighted by Gasteiger charge is -2.10. The van der Waals surface area contributed by atoms with Gasteiger partial charge in [-0.05, 0) is 37.1 Å². The van der Waals surface area contributed by atoms with E-state index < -0.39 is 5.97 Å². The first-order valence-corrected chi connectivity index (χ1v) is 6.75. The lowest BCUT2D eigenvalue weighted by Crippen LogP contribution is -2.25. The Bertz CT molecular complexity index is 690. The molecule has 116 valence electrons. The van der Waals surface area contributed by atoms with Gasteiger partial charge in [0.2, 0.25) is 0 Å². The van der Waals surface area contributed by atoms with Crippen LogP contribution in [0.4, 0.5) is 0 Å². The lowest BCUT2D eigenvalue weighted by molar-refractivity contribution is 0.0696. The highest BCUT2D eigenvalue weighted by molar-refractivity contribution is 5.94. The smallest absolute Gasteiger partial charge is 0.335 e. The molecule has 2 aromatic rings. The molecular formula is C16H17NO5. The van der Waals surface area contributed by atoms with Gasteiger partial charge in [0.1, 0.15) is 17.8 Å². The van der Waals surface area contributed by atoms with Gasteiger partial charge in [-0.3, -0.25) is 4.79 Å². The number of rotatable bonds is 6. The Morgan fingerprint density at radius 3 is 2.64 bits per heavy atom. The predicted molar refractivity (Wildman–Crippen MR) is 79.4 cm³/mol. The number of carbonyl (C=O) groups excluding carboxylic acids is 1. The van der Waals surface area contributed by atoms with Gasteiger partial charge in [-0.15, -0.1) is 0 Å². The molecule has 0 aliphatic rings. The van der Waals surface area contributed by atoms with E-state index in [1.54, 1.807) is 19.1 Å². The highest BCUT2D eigenvalue weighted by atomic mass is 16.5. The summed E-state index contributed by atoms with van der Waals surface area (Å²) in [5.41, 5.74) is 1.47. The van der Waals surface area contributed by atoms with Crippen molar-refractivity contribution >= 4 is 11.9 Å². The van der Waals surface area contributed by atoms with E-state index in [0.717, 1.165) is 5.56 Å². The van der Waals surface area contributed by atoms with Crippen LogP contribution in [0.15, 0.2) is 34.9 Å². The summed E-state index contributed by atoms with van der Waals surface area (Å²) in [7, 11) is 1.48. The van der Waals surface area contributed by atoms with Crippen molar-refractivity contribution in [3.8, 4) is 5.75 Å². The van der Waals surface area contributed by atoms with Gasteiger partial charge in [0.15, 0.2) is 0 Å². The molecule has 0 spiro atoms. The first-order chi connectivity index (χ1) is 10.5. The summed E-state index contributed by atoms with van der Waals surface area (Å²) < 4.78 is 10.3. The third-order valence-corrected chi connectivity index (χ3v) is 3.21. The first-order valence-electron chi connectivity index (χ1n) is 6.75. The number of benzene rings is 1. The number of aryl methyl sites for hydroxylation is 1. The Kier molecular flexibility index (Phi) is 4.83. The van der Waals surface area contributed by atoms with Gasteiger partial charge in [0.05, 0.1) is 18.2 Å². The van der Waals surface area contributed by atoms with Crippen LogP contribution in [0.25, 0.3) is 0 Å². The topological polar surface area (TPSA) is 88.8 Å². The Labute approximate surface area is 127 Å². The van der Waals surface area contributed by atoms with Crippen molar-refractivity contribution < 1.29 is 23.8 Å². The van der Waals surface area contributed by atoms with Gasteiger partial charge >= 0.3 is 5.97 Å². The molecule has 0 atom stereocenters. The van der Waals surface area contributed by atoms with E-state index in [1.807, 2.05) is 0 Å². The van der Waals surface area contributed by atoms with Crippen molar-refractivity contribution in [3.63, 3.8) is 0 Å². The largest absolute Gasteiger partial charge is 0.496 e. The first kappa shape index (κ1) is 15.6. The number of ether oxygens (including phenoxy) is 1. The molecule has 0 radical (unpaired) electrons. The van der Waals surface area contributed by atoms with Gasteiger partial charge in [0, 0.05) is 6.54 Å². The molecule has 0 unspecified atom stereocenters. The molecule has 1 heterocycles. The van der Waals surface area contributed by atoms with Gasteiger partial charge in [0.25, 0.3) is 5.91 Å². The number of hydrogen-bond acceptors (Lipinski definition) is 4. The molecule has 6 nitrogen and oxygen atoms in total. The molecule has 1 amide bonds. The van der Waals surface area contributed by atoms with E-state index in [-0.39, 0.29) is 11.5 Å². The number of methoxy groups -OCH3 is 1. The normalized spacial score (nSPS) is 10.3. The van der Waals surface area contributed by atoms with Crippen LogP contribution in [0.3, 0.4) is 0 Å². The van der Waals surface area contributed by atoms with Crippen molar-refractivity contribution in [1.29, 1.82) is 0 Å². The van der Waals surface area contributed by atoms with Crippen molar-refractivity contribution in [3.05, 3.63) is 53.0 Å². The van der Waals surface area contributed by atoms with Crippen LogP contribution in [0.2, 0.25) is 0 Å². The van der Waals surface area contributed by atoms with Crippen molar-refractivity contribution in [2.45, 2.75) is 13.3 Å². The van der Waals surface area contributed by atoms with E-state index in [1.165, 1.54) is 25.5 Å². The second-order valence-corrected chi connectivity index (χ2v) is 4.78. The average Bonchev–Trinajstić information content (AvgIpc) is 2.93. The maximum Gasteiger partial charge on any atom is 0.335 e. The zero-order valence-electron chi connectivity index (χ0n) is 12.4. The Morgan fingerprint density at radius 2 is 2.05 bits per heavy atom. The summed E-state index contributed by atoms with van der Waals surface area (Å²) in [6.45, 7) is 2.18. The molecule has 0 saturated heterocycles. The van der Waals surface area contributed by atoms with Crippen molar-refractivity contribution in [2.24, 2.45) is 0 Å². The molecule has 0 aliphatic heterocycles. The van der Waals surface area contributed by atoms with Crippen LogP contribution in [0, 0.1) is 6.92 Å².